The minimum atomic E-state index is -0.383. The van der Waals surface area contributed by atoms with E-state index in [9.17, 15) is 19.2 Å². The number of hydrogen-bond acceptors (Lipinski definition) is 10. The number of aromatic nitrogens is 1. The van der Waals surface area contributed by atoms with Crippen molar-refractivity contribution in [3.05, 3.63) is 111 Å². The molecular formula is C50H64N8O5. The Morgan fingerprint density at radius 3 is 2.29 bits per heavy atom. The Kier molecular flexibility index (Phi) is 13.9. The van der Waals surface area contributed by atoms with Crippen molar-refractivity contribution in [2.75, 3.05) is 74.1 Å². The van der Waals surface area contributed by atoms with Gasteiger partial charge in [0.1, 0.15) is 6.04 Å². The maximum Gasteiger partial charge on any atom is 0.253 e. The van der Waals surface area contributed by atoms with Crippen LogP contribution in [0.1, 0.15) is 83.8 Å². The van der Waals surface area contributed by atoms with E-state index in [1.165, 1.54) is 11.3 Å². The van der Waals surface area contributed by atoms with Crippen molar-refractivity contribution < 1.29 is 19.1 Å². The second-order valence-corrected chi connectivity index (χ2v) is 17.8. The summed E-state index contributed by atoms with van der Waals surface area (Å²) in [6.07, 6.45) is 5.06. The standard InChI is InChI=1S/C50H64N8O5/c1-5-58(42-17-25-63-26-18-42)46-30-38(29-43(35(46)4)48(60)51-31-44-33(2)27-34(3)52-49(44)61)37-9-11-40(12-10-37)56-21-23-57(24-22-56)41-15-19-55(20-16-41)32-36-7-6-8-39(28-36)53-45-13-14-47(59)54-50(45)62/h6-12,27-30,41-42,45,53H,5,13-26,31-32H2,1-4H3,(H,51,60)(H,52,61)(H,54,59,62). The third kappa shape index (κ3) is 10.5. The molecule has 1 atom stereocenters. The lowest BCUT2D eigenvalue weighted by atomic mass is 9.95. The number of H-pyrrole nitrogens is 1. The molecule has 0 saturated carbocycles. The molecule has 13 nitrogen and oxygen atoms in total. The van der Waals surface area contributed by atoms with Gasteiger partial charge in [0.2, 0.25) is 11.8 Å². The molecule has 3 aromatic carbocycles. The number of piperidine rings is 2. The van der Waals surface area contributed by atoms with Gasteiger partial charge in [-0.3, -0.25) is 34.3 Å². The SMILES string of the molecule is CCN(c1cc(-c2ccc(N3CCN(C4CCN(Cc5cccc(NC6CCC(=O)NC6=O)c5)CC4)CC3)cc2)cc(C(=O)NCc2c(C)cc(C)[nH]c2=O)c1C)C1CCOCC1. The van der Waals surface area contributed by atoms with Crippen LogP contribution < -0.4 is 31.3 Å². The normalized spacial score (nSPS) is 19.5. The van der Waals surface area contributed by atoms with Crippen LogP contribution in [0.5, 0.6) is 0 Å². The predicted octanol–water partition coefficient (Wildman–Crippen LogP) is 5.91. The van der Waals surface area contributed by atoms with E-state index in [0.29, 0.717) is 36.1 Å². The maximum atomic E-state index is 14.0. The van der Waals surface area contributed by atoms with E-state index in [1.54, 1.807) is 0 Å². The Labute approximate surface area is 371 Å². The van der Waals surface area contributed by atoms with Gasteiger partial charge < -0.3 is 30.2 Å². The highest BCUT2D eigenvalue weighted by Gasteiger charge is 2.30. The first-order valence-corrected chi connectivity index (χ1v) is 23.0. The van der Waals surface area contributed by atoms with Crippen LogP contribution in [0.15, 0.2) is 71.5 Å². The number of aromatic amines is 1. The summed E-state index contributed by atoms with van der Waals surface area (Å²) in [5, 5.41) is 8.83. The van der Waals surface area contributed by atoms with Crippen LogP contribution in [0.2, 0.25) is 0 Å². The van der Waals surface area contributed by atoms with Crippen molar-refractivity contribution in [3.8, 4) is 11.1 Å². The molecule has 4 fully saturated rings. The number of imide groups is 1. The number of pyridine rings is 1. The largest absolute Gasteiger partial charge is 0.381 e. The first-order valence-electron chi connectivity index (χ1n) is 23.0. The Morgan fingerprint density at radius 1 is 0.841 bits per heavy atom. The van der Waals surface area contributed by atoms with E-state index in [0.717, 1.165) is 131 Å². The van der Waals surface area contributed by atoms with Crippen molar-refractivity contribution in [1.29, 1.82) is 0 Å². The Hall–Kier alpha value is -5.50. The quantitative estimate of drug-likeness (QED) is 0.120. The lowest BCUT2D eigenvalue weighted by molar-refractivity contribution is -0.133. The molecule has 1 unspecified atom stereocenters. The van der Waals surface area contributed by atoms with E-state index in [2.05, 4.69) is 89.9 Å². The van der Waals surface area contributed by atoms with E-state index in [4.69, 9.17) is 4.74 Å². The average molecular weight is 857 g/mol. The first-order chi connectivity index (χ1) is 30.5. The van der Waals surface area contributed by atoms with E-state index in [-0.39, 0.29) is 35.9 Å². The maximum absolute atomic E-state index is 14.0. The zero-order chi connectivity index (χ0) is 44.0. The number of rotatable bonds is 13. The smallest absolute Gasteiger partial charge is 0.253 e. The third-order valence-electron chi connectivity index (χ3n) is 13.7. The number of hydrogen-bond donors (Lipinski definition) is 4. The van der Waals surface area contributed by atoms with Crippen molar-refractivity contribution in [3.63, 3.8) is 0 Å². The molecule has 5 heterocycles. The number of nitrogens with one attached hydrogen (secondary N) is 4. The van der Waals surface area contributed by atoms with Gasteiger partial charge in [-0.2, -0.15) is 0 Å². The summed E-state index contributed by atoms with van der Waals surface area (Å²) < 4.78 is 5.72. The van der Waals surface area contributed by atoms with Crippen LogP contribution in [-0.4, -0.2) is 110 Å². The number of likely N-dealkylation sites (tertiary alicyclic amines) is 1. The lowest BCUT2D eigenvalue weighted by Gasteiger charge is -2.43. The summed E-state index contributed by atoms with van der Waals surface area (Å²) in [4.78, 5) is 63.7. The van der Waals surface area contributed by atoms with Gasteiger partial charge in [0, 0.05) is 111 Å². The third-order valence-corrected chi connectivity index (χ3v) is 13.7. The summed E-state index contributed by atoms with van der Waals surface area (Å²) in [5.74, 6) is -0.643. The van der Waals surface area contributed by atoms with Gasteiger partial charge in [-0.25, -0.2) is 0 Å². The second-order valence-electron chi connectivity index (χ2n) is 17.8. The topological polar surface area (TPSA) is 142 Å². The van der Waals surface area contributed by atoms with Crippen LogP contribution in [0.3, 0.4) is 0 Å². The molecular weight excluding hydrogens is 793 g/mol. The van der Waals surface area contributed by atoms with Gasteiger partial charge in [-0.1, -0.05) is 24.3 Å². The van der Waals surface area contributed by atoms with E-state index < -0.39 is 0 Å². The van der Waals surface area contributed by atoms with Gasteiger partial charge in [-0.05, 0) is 143 Å². The Morgan fingerprint density at radius 2 is 1.59 bits per heavy atom. The lowest BCUT2D eigenvalue weighted by Crippen LogP contribution is -2.53. The number of carbonyl (C=O) groups excluding carboxylic acids is 3. The average Bonchev–Trinajstić information content (AvgIpc) is 3.28. The fourth-order valence-corrected chi connectivity index (χ4v) is 10.1. The number of benzene rings is 3. The van der Waals surface area contributed by atoms with Crippen LogP contribution in [0.25, 0.3) is 11.1 Å². The molecule has 0 spiro atoms. The number of nitrogens with zero attached hydrogens (tertiary/aromatic N) is 4. The molecule has 4 aliphatic rings. The minimum Gasteiger partial charge on any atom is -0.381 e. The predicted molar refractivity (Wildman–Crippen MR) is 250 cm³/mol. The van der Waals surface area contributed by atoms with E-state index >= 15 is 0 Å². The number of piperazine rings is 1. The Bertz CT molecular complexity index is 2320. The van der Waals surface area contributed by atoms with Gasteiger partial charge >= 0.3 is 0 Å². The minimum absolute atomic E-state index is 0.155. The summed E-state index contributed by atoms with van der Waals surface area (Å²) in [7, 11) is 0. The summed E-state index contributed by atoms with van der Waals surface area (Å²) >= 11 is 0. The number of anilines is 3. The zero-order valence-electron chi connectivity index (χ0n) is 37.4. The van der Waals surface area contributed by atoms with Crippen LogP contribution in [-0.2, 0) is 27.4 Å². The molecule has 4 aromatic rings. The second kappa shape index (κ2) is 19.9. The molecule has 63 heavy (non-hydrogen) atoms. The zero-order valence-corrected chi connectivity index (χ0v) is 37.4. The molecule has 0 aliphatic carbocycles. The number of amides is 3. The monoisotopic (exact) mass is 856 g/mol. The molecule has 1 aromatic heterocycles. The van der Waals surface area contributed by atoms with Crippen molar-refractivity contribution in [1.82, 2.24) is 25.4 Å². The van der Waals surface area contributed by atoms with Gasteiger partial charge in [-0.15, -0.1) is 0 Å². The highest BCUT2D eigenvalue weighted by molar-refractivity contribution is 6.01. The number of aryl methyl sites for hydroxylation is 2. The Balaban J connectivity index is 0.887. The molecule has 4 N–H and O–H groups in total. The van der Waals surface area contributed by atoms with Gasteiger partial charge in [0.25, 0.3) is 11.5 Å². The fourth-order valence-electron chi connectivity index (χ4n) is 10.1. The highest BCUT2D eigenvalue weighted by atomic mass is 16.5. The molecule has 4 saturated heterocycles. The van der Waals surface area contributed by atoms with Crippen LogP contribution >= 0.6 is 0 Å². The molecule has 3 amide bonds. The highest BCUT2D eigenvalue weighted by Crippen LogP contribution is 2.35. The molecule has 0 bridgehead atoms. The summed E-state index contributed by atoms with van der Waals surface area (Å²) in [6.45, 7) is 17.4. The van der Waals surface area contributed by atoms with Crippen molar-refractivity contribution >= 4 is 34.8 Å². The summed E-state index contributed by atoms with van der Waals surface area (Å²) in [6, 6.07) is 23.8. The molecule has 8 rings (SSSR count). The van der Waals surface area contributed by atoms with Crippen molar-refractivity contribution in [2.24, 2.45) is 0 Å². The molecule has 0 radical (unpaired) electrons. The van der Waals surface area contributed by atoms with Gasteiger partial charge in [0.15, 0.2) is 0 Å². The fraction of sp³-hybridized carbons (Fsp3) is 0.480. The molecule has 13 heteroatoms. The molecule has 334 valence electrons. The van der Waals surface area contributed by atoms with Crippen molar-refractivity contribution in [2.45, 2.75) is 97.4 Å². The van der Waals surface area contributed by atoms with E-state index in [1.807, 2.05) is 45.0 Å². The first kappa shape index (κ1) is 44.1. The summed E-state index contributed by atoms with van der Waals surface area (Å²) in [5.41, 5.74) is 10.1. The number of carbonyl (C=O) groups is 3. The number of ether oxygens (including phenoxy) is 1. The van der Waals surface area contributed by atoms with Gasteiger partial charge in [0.05, 0.1) is 0 Å². The van der Waals surface area contributed by atoms with Crippen LogP contribution in [0.4, 0.5) is 17.1 Å². The van der Waals surface area contributed by atoms with Crippen LogP contribution in [0, 0.1) is 20.8 Å². The molecule has 4 aliphatic heterocycles.